The Hall–Kier alpha value is -2.17. The molecule has 8 nitrogen and oxygen atoms in total. The minimum Gasteiger partial charge on any atom is -0.349 e. The van der Waals surface area contributed by atoms with Crippen LogP contribution >= 0.6 is 23.2 Å². The molecule has 37 heavy (non-hydrogen) atoms. The van der Waals surface area contributed by atoms with Crippen molar-refractivity contribution >= 4 is 45.0 Å². The molecule has 1 atom stereocenters. The molecule has 4 rings (SSSR count). The van der Waals surface area contributed by atoms with E-state index in [-0.39, 0.29) is 46.9 Å². The van der Waals surface area contributed by atoms with Crippen LogP contribution in [0.25, 0.3) is 0 Å². The Kier molecular flexibility index (Phi) is 9.13. The summed E-state index contributed by atoms with van der Waals surface area (Å²) in [6.45, 7) is 0.667. The largest absolute Gasteiger partial charge is 0.349 e. The van der Waals surface area contributed by atoms with E-state index in [1.165, 1.54) is 35.9 Å². The van der Waals surface area contributed by atoms with E-state index in [0.29, 0.717) is 12.5 Å². The Bertz CT molecular complexity index is 1250. The summed E-state index contributed by atoms with van der Waals surface area (Å²) in [4.78, 5) is 28.0. The molecule has 0 spiro atoms. The summed E-state index contributed by atoms with van der Waals surface area (Å²) in [7, 11) is -4.14. The van der Waals surface area contributed by atoms with Gasteiger partial charge in [0, 0.05) is 32.6 Å². The van der Waals surface area contributed by atoms with Crippen LogP contribution in [0.2, 0.25) is 10.0 Å². The lowest BCUT2D eigenvalue weighted by molar-refractivity contribution is -0.140. The molecule has 2 amide bonds. The highest BCUT2D eigenvalue weighted by molar-refractivity contribution is 7.89. The molecule has 2 aromatic carbocycles. The van der Waals surface area contributed by atoms with Gasteiger partial charge in [0.1, 0.15) is 0 Å². The van der Waals surface area contributed by atoms with Gasteiger partial charge < -0.3 is 16.0 Å². The second-order valence-corrected chi connectivity index (χ2v) is 12.3. The summed E-state index contributed by atoms with van der Waals surface area (Å²) in [5, 5.41) is 3.13. The molecule has 11 heteroatoms. The van der Waals surface area contributed by atoms with Gasteiger partial charge in [-0.1, -0.05) is 73.2 Å². The van der Waals surface area contributed by atoms with Crippen molar-refractivity contribution in [3.63, 3.8) is 0 Å². The highest BCUT2D eigenvalue weighted by Crippen LogP contribution is 2.32. The first-order valence-corrected chi connectivity index (χ1v) is 14.7. The van der Waals surface area contributed by atoms with E-state index >= 15 is 0 Å². The zero-order valence-electron chi connectivity index (χ0n) is 20.5. The molecular formula is C26H32Cl2N4O4S. The van der Waals surface area contributed by atoms with Gasteiger partial charge in [0.05, 0.1) is 14.9 Å². The SMILES string of the molecule is NCc1cccc(CNC(=O)C2N(C(=O)CCC3CCCC3)CCN2S(=O)(=O)c2ccc(Cl)c(Cl)c2)c1. The number of carbonyl (C=O) groups excluding carboxylic acids is 2. The molecular weight excluding hydrogens is 535 g/mol. The van der Waals surface area contributed by atoms with Crippen LogP contribution < -0.4 is 11.1 Å². The van der Waals surface area contributed by atoms with Gasteiger partial charge in [-0.05, 0) is 41.7 Å². The van der Waals surface area contributed by atoms with Crippen LogP contribution in [0.3, 0.4) is 0 Å². The lowest BCUT2D eigenvalue weighted by atomic mass is 10.0. The highest BCUT2D eigenvalue weighted by atomic mass is 35.5. The first-order valence-electron chi connectivity index (χ1n) is 12.5. The Morgan fingerprint density at radius 1 is 1.00 bits per heavy atom. The lowest BCUT2D eigenvalue weighted by Gasteiger charge is -2.29. The van der Waals surface area contributed by atoms with E-state index in [4.69, 9.17) is 28.9 Å². The Balaban J connectivity index is 1.57. The topological polar surface area (TPSA) is 113 Å². The molecule has 1 aliphatic heterocycles. The number of halogens is 2. The molecule has 2 aromatic rings. The molecule has 1 unspecified atom stereocenters. The van der Waals surface area contributed by atoms with Crippen molar-refractivity contribution in [3.05, 3.63) is 63.6 Å². The summed E-state index contributed by atoms with van der Waals surface area (Å²) < 4.78 is 28.3. The van der Waals surface area contributed by atoms with Gasteiger partial charge in [0.25, 0.3) is 5.91 Å². The maximum Gasteiger partial charge on any atom is 0.259 e. The van der Waals surface area contributed by atoms with Gasteiger partial charge in [-0.2, -0.15) is 4.31 Å². The van der Waals surface area contributed by atoms with Crippen molar-refractivity contribution in [2.24, 2.45) is 11.7 Å². The van der Waals surface area contributed by atoms with Gasteiger partial charge >= 0.3 is 0 Å². The molecule has 200 valence electrons. The number of nitrogens with one attached hydrogen (secondary N) is 1. The van der Waals surface area contributed by atoms with Gasteiger partial charge in [-0.3, -0.25) is 9.59 Å². The molecule has 0 aromatic heterocycles. The van der Waals surface area contributed by atoms with Crippen molar-refractivity contribution in [2.45, 2.75) is 62.7 Å². The minimum atomic E-state index is -4.14. The third kappa shape index (κ3) is 6.46. The van der Waals surface area contributed by atoms with Crippen LogP contribution in [-0.4, -0.2) is 48.7 Å². The molecule has 1 saturated carbocycles. The summed E-state index contributed by atoms with van der Waals surface area (Å²) in [6.07, 6.45) is 4.30. The van der Waals surface area contributed by atoms with E-state index in [1.807, 2.05) is 24.3 Å². The van der Waals surface area contributed by atoms with E-state index in [2.05, 4.69) is 5.32 Å². The maximum atomic E-state index is 13.6. The standard InChI is InChI=1S/C26H32Cl2N4O4S/c27-22-10-9-21(15-23(22)28)37(35,36)32-13-12-31(24(33)11-8-18-4-1-2-5-18)26(32)25(34)30-17-20-7-3-6-19(14-20)16-29/h3,6-7,9-10,14-15,18,26H,1-2,4-5,8,11-13,16-17,29H2,(H,30,34). The number of rotatable bonds is 9. The molecule has 2 aliphatic rings. The quantitative estimate of drug-likeness (QED) is 0.478. The summed E-state index contributed by atoms with van der Waals surface area (Å²) >= 11 is 12.1. The highest BCUT2D eigenvalue weighted by Gasteiger charge is 2.46. The second kappa shape index (κ2) is 12.1. The number of sulfonamides is 1. The van der Waals surface area contributed by atoms with Gasteiger partial charge in [0.2, 0.25) is 15.9 Å². The zero-order valence-corrected chi connectivity index (χ0v) is 22.9. The number of benzene rings is 2. The third-order valence-electron chi connectivity index (χ3n) is 7.12. The Morgan fingerprint density at radius 2 is 1.73 bits per heavy atom. The van der Waals surface area contributed by atoms with Gasteiger partial charge in [0.15, 0.2) is 6.17 Å². The zero-order chi connectivity index (χ0) is 26.6. The predicted molar refractivity (Wildman–Crippen MR) is 143 cm³/mol. The molecule has 3 N–H and O–H groups in total. The van der Waals surface area contributed by atoms with Crippen LogP contribution in [0, 0.1) is 5.92 Å². The Morgan fingerprint density at radius 3 is 2.43 bits per heavy atom. The fourth-order valence-electron chi connectivity index (χ4n) is 5.08. The smallest absolute Gasteiger partial charge is 0.259 e. The first-order chi connectivity index (χ1) is 17.7. The van der Waals surface area contributed by atoms with Crippen molar-refractivity contribution in [1.82, 2.24) is 14.5 Å². The van der Waals surface area contributed by atoms with Crippen molar-refractivity contribution in [1.29, 1.82) is 0 Å². The van der Waals surface area contributed by atoms with E-state index in [0.717, 1.165) is 34.7 Å². The lowest BCUT2D eigenvalue weighted by Crippen LogP contribution is -2.53. The van der Waals surface area contributed by atoms with Crippen molar-refractivity contribution in [3.8, 4) is 0 Å². The van der Waals surface area contributed by atoms with Crippen molar-refractivity contribution in [2.75, 3.05) is 13.1 Å². The van der Waals surface area contributed by atoms with Gasteiger partial charge in [-0.15, -0.1) is 0 Å². The maximum absolute atomic E-state index is 13.6. The van der Waals surface area contributed by atoms with Crippen LogP contribution in [0.4, 0.5) is 0 Å². The number of carbonyl (C=O) groups is 2. The summed E-state index contributed by atoms with van der Waals surface area (Å²) in [5.41, 5.74) is 7.46. The first kappa shape index (κ1) is 27.9. The number of amides is 2. The molecule has 1 heterocycles. The normalized spacial score (nSPS) is 18.9. The van der Waals surface area contributed by atoms with Crippen LogP contribution in [-0.2, 0) is 32.7 Å². The predicted octanol–water partition coefficient (Wildman–Crippen LogP) is 3.90. The summed E-state index contributed by atoms with van der Waals surface area (Å²) in [6, 6.07) is 11.5. The van der Waals surface area contributed by atoms with E-state index < -0.39 is 22.1 Å². The minimum absolute atomic E-state index is 0.00150. The average Bonchev–Trinajstić information content (AvgIpc) is 3.58. The van der Waals surface area contributed by atoms with Crippen molar-refractivity contribution < 1.29 is 18.0 Å². The molecule has 1 saturated heterocycles. The average molecular weight is 568 g/mol. The molecule has 0 radical (unpaired) electrons. The third-order valence-corrected chi connectivity index (χ3v) is 9.71. The second-order valence-electron chi connectivity index (χ2n) is 9.58. The van der Waals surface area contributed by atoms with Crippen LogP contribution in [0.1, 0.15) is 49.7 Å². The van der Waals surface area contributed by atoms with E-state index in [9.17, 15) is 18.0 Å². The number of hydrogen-bond acceptors (Lipinski definition) is 5. The molecule has 1 aliphatic carbocycles. The van der Waals surface area contributed by atoms with Gasteiger partial charge in [-0.25, -0.2) is 8.42 Å². The number of nitrogens with two attached hydrogens (primary N) is 1. The fourth-order valence-corrected chi connectivity index (χ4v) is 7.02. The molecule has 2 fully saturated rings. The number of hydrogen-bond donors (Lipinski definition) is 2. The monoisotopic (exact) mass is 566 g/mol. The van der Waals surface area contributed by atoms with Crippen LogP contribution in [0.5, 0.6) is 0 Å². The summed E-state index contributed by atoms with van der Waals surface area (Å²) in [5.74, 6) is -0.276. The fraction of sp³-hybridized carbons (Fsp3) is 0.462. The van der Waals surface area contributed by atoms with Crippen LogP contribution in [0.15, 0.2) is 47.4 Å². The Labute approximate surface area is 228 Å². The number of nitrogens with zero attached hydrogens (tertiary/aromatic N) is 2. The van der Waals surface area contributed by atoms with E-state index in [1.54, 1.807) is 0 Å². The molecule has 0 bridgehead atoms.